The predicted molar refractivity (Wildman–Crippen MR) is 76.6 cm³/mol. The zero-order valence-corrected chi connectivity index (χ0v) is 11.4. The maximum Gasteiger partial charge on any atom is 0.258 e. The molecule has 0 aromatic heterocycles. The minimum absolute atomic E-state index is 0.00463. The van der Waals surface area contributed by atoms with Gasteiger partial charge in [0.05, 0.1) is 7.11 Å². The van der Waals surface area contributed by atoms with Crippen LogP contribution in [0.2, 0.25) is 0 Å². The van der Waals surface area contributed by atoms with E-state index in [4.69, 9.17) is 10.5 Å². The lowest BCUT2D eigenvalue weighted by Crippen LogP contribution is -2.24. The van der Waals surface area contributed by atoms with Crippen LogP contribution in [0.5, 0.6) is 11.5 Å². The van der Waals surface area contributed by atoms with Crippen molar-refractivity contribution in [2.75, 3.05) is 12.8 Å². The average molecular weight is 290 g/mol. The summed E-state index contributed by atoms with van der Waals surface area (Å²) >= 11 is 0. The molecule has 21 heavy (non-hydrogen) atoms. The van der Waals surface area contributed by atoms with Crippen LogP contribution in [0.1, 0.15) is 15.9 Å². The first-order chi connectivity index (χ1) is 10.0. The van der Waals surface area contributed by atoms with Crippen LogP contribution in [0.4, 0.5) is 10.1 Å². The molecule has 0 saturated heterocycles. The van der Waals surface area contributed by atoms with Crippen LogP contribution in [-0.2, 0) is 6.54 Å². The van der Waals surface area contributed by atoms with E-state index in [1.165, 1.54) is 37.4 Å². The summed E-state index contributed by atoms with van der Waals surface area (Å²) in [5.74, 6) is -1.16. The second-order valence-corrected chi connectivity index (χ2v) is 4.39. The summed E-state index contributed by atoms with van der Waals surface area (Å²) in [7, 11) is 1.36. The minimum atomic E-state index is -0.677. The van der Waals surface area contributed by atoms with Crippen molar-refractivity contribution in [1.82, 2.24) is 5.32 Å². The minimum Gasteiger partial charge on any atom is -0.508 e. The van der Waals surface area contributed by atoms with E-state index in [1.807, 2.05) is 0 Å². The van der Waals surface area contributed by atoms with Gasteiger partial charge < -0.3 is 20.9 Å². The monoisotopic (exact) mass is 290 g/mol. The van der Waals surface area contributed by atoms with E-state index in [-0.39, 0.29) is 23.6 Å². The molecule has 2 aromatic rings. The average Bonchev–Trinajstić information content (AvgIpc) is 2.47. The third-order valence-corrected chi connectivity index (χ3v) is 2.97. The molecular weight excluding hydrogens is 275 g/mol. The van der Waals surface area contributed by atoms with Gasteiger partial charge in [0.1, 0.15) is 22.9 Å². The first-order valence-corrected chi connectivity index (χ1v) is 6.21. The number of ether oxygens (including phenoxy) is 1. The molecule has 110 valence electrons. The molecule has 0 unspecified atom stereocenters. The highest BCUT2D eigenvalue weighted by atomic mass is 19.1. The summed E-state index contributed by atoms with van der Waals surface area (Å²) in [5.41, 5.74) is 6.34. The van der Waals surface area contributed by atoms with Gasteiger partial charge in [0.25, 0.3) is 5.91 Å². The number of hydrogen-bond donors (Lipinski definition) is 3. The van der Waals surface area contributed by atoms with Gasteiger partial charge in [-0.15, -0.1) is 0 Å². The van der Waals surface area contributed by atoms with Gasteiger partial charge >= 0.3 is 0 Å². The van der Waals surface area contributed by atoms with Gasteiger partial charge in [0.2, 0.25) is 0 Å². The molecule has 0 aliphatic heterocycles. The van der Waals surface area contributed by atoms with Crippen molar-refractivity contribution in [3.05, 3.63) is 53.3 Å². The van der Waals surface area contributed by atoms with Crippen LogP contribution in [0, 0.1) is 5.82 Å². The van der Waals surface area contributed by atoms with Gasteiger partial charge in [-0.05, 0) is 30.3 Å². The highest BCUT2D eigenvalue weighted by Gasteiger charge is 2.17. The van der Waals surface area contributed by atoms with Gasteiger partial charge in [-0.1, -0.05) is 6.07 Å². The van der Waals surface area contributed by atoms with Crippen molar-refractivity contribution in [3.63, 3.8) is 0 Å². The maximum atomic E-state index is 13.7. The van der Waals surface area contributed by atoms with Gasteiger partial charge in [0.15, 0.2) is 0 Å². The Balaban J connectivity index is 2.17. The zero-order valence-electron chi connectivity index (χ0n) is 11.4. The number of aromatic hydroxyl groups is 1. The zero-order chi connectivity index (χ0) is 15.4. The Morgan fingerprint density at radius 3 is 2.86 bits per heavy atom. The molecule has 2 rings (SSSR count). The van der Waals surface area contributed by atoms with Crippen LogP contribution >= 0.6 is 0 Å². The first kappa shape index (κ1) is 14.6. The number of benzene rings is 2. The SMILES string of the molecule is COc1cccc(F)c1C(=O)NCc1cc(N)ccc1O. The third kappa shape index (κ3) is 3.22. The van der Waals surface area contributed by atoms with E-state index in [1.54, 1.807) is 6.07 Å². The van der Waals surface area contributed by atoms with E-state index < -0.39 is 11.7 Å². The normalized spacial score (nSPS) is 10.2. The van der Waals surface area contributed by atoms with Crippen LogP contribution in [0.15, 0.2) is 36.4 Å². The summed E-state index contributed by atoms with van der Waals surface area (Å²) < 4.78 is 18.7. The lowest BCUT2D eigenvalue weighted by atomic mass is 10.1. The number of nitrogens with two attached hydrogens (primary N) is 1. The molecule has 1 amide bonds. The summed E-state index contributed by atoms with van der Waals surface area (Å²) in [6, 6.07) is 8.63. The molecule has 0 spiro atoms. The Labute approximate surface area is 121 Å². The Bertz CT molecular complexity index is 674. The molecule has 5 nitrogen and oxygen atoms in total. The largest absolute Gasteiger partial charge is 0.508 e. The van der Waals surface area contributed by atoms with E-state index in [9.17, 15) is 14.3 Å². The molecule has 0 heterocycles. The van der Waals surface area contributed by atoms with Crippen molar-refractivity contribution in [3.8, 4) is 11.5 Å². The molecule has 0 fully saturated rings. The molecule has 0 aliphatic carbocycles. The van der Waals surface area contributed by atoms with Gasteiger partial charge in [0, 0.05) is 17.8 Å². The van der Waals surface area contributed by atoms with Crippen LogP contribution < -0.4 is 15.8 Å². The number of phenols is 1. The molecule has 0 radical (unpaired) electrons. The van der Waals surface area contributed by atoms with Gasteiger partial charge in [-0.2, -0.15) is 0 Å². The standard InChI is InChI=1S/C15H15FN2O3/c1-21-13-4-2-3-11(16)14(13)15(20)18-8-9-7-10(17)5-6-12(9)19/h2-7,19H,8,17H2,1H3,(H,18,20). The number of hydrogen-bond acceptors (Lipinski definition) is 4. The van der Waals surface area contributed by atoms with Crippen molar-refractivity contribution in [2.24, 2.45) is 0 Å². The van der Waals surface area contributed by atoms with E-state index >= 15 is 0 Å². The fourth-order valence-electron chi connectivity index (χ4n) is 1.91. The van der Waals surface area contributed by atoms with Gasteiger partial charge in [-0.3, -0.25) is 4.79 Å². The van der Waals surface area contributed by atoms with E-state index in [2.05, 4.69) is 5.32 Å². The number of methoxy groups -OCH3 is 1. The highest BCUT2D eigenvalue weighted by Crippen LogP contribution is 2.22. The predicted octanol–water partition coefficient (Wildman–Crippen LogP) is 2.05. The Morgan fingerprint density at radius 2 is 2.14 bits per heavy atom. The van der Waals surface area contributed by atoms with Crippen LogP contribution in [0.3, 0.4) is 0 Å². The number of anilines is 1. The number of carbonyl (C=O) groups is 1. The summed E-state index contributed by atoms with van der Waals surface area (Å²) in [4.78, 5) is 12.1. The van der Waals surface area contributed by atoms with Crippen LogP contribution in [0.25, 0.3) is 0 Å². The summed E-state index contributed by atoms with van der Waals surface area (Å²) in [6.07, 6.45) is 0. The van der Waals surface area contributed by atoms with Crippen molar-refractivity contribution >= 4 is 11.6 Å². The van der Waals surface area contributed by atoms with E-state index in [0.29, 0.717) is 11.3 Å². The summed E-state index contributed by atoms with van der Waals surface area (Å²) in [5, 5.41) is 12.2. The molecule has 0 saturated carbocycles. The fourth-order valence-corrected chi connectivity index (χ4v) is 1.91. The molecule has 6 heteroatoms. The topological polar surface area (TPSA) is 84.6 Å². The van der Waals surface area contributed by atoms with Crippen molar-refractivity contribution in [2.45, 2.75) is 6.54 Å². The molecule has 4 N–H and O–H groups in total. The first-order valence-electron chi connectivity index (χ1n) is 6.21. The second-order valence-electron chi connectivity index (χ2n) is 4.39. The molecule has 0 aliphatic rings. The number of rotatable bonds is 4. The second kappa shape index (κ2) is 6.13. The smallest absolute Gasteiger partial charge is 0.258 e. The van der Waals surface area contributed by atoms with Crippen LogP contribution in [-0.4, -0.2) is 18.1 Å². The Morgan fingerprint density at radius 1 is 1.38 bits per heavy atom. The lowest BCUT2D eigenvalue weighted by Gasteiger charge is -2.11. The highest BCUT2D eigenvalue weighted by molar-refractivity contribution is 5.97. The van der Waals surface area contributed by atoms with Crippen molar-refractivity contribution in [1.29, 1.82) is 0 Å². The summed E-state index contributed by atoms with van der Waals surface area (Å²) in [6.45, 7) is 0.0210. The maximum absolute atomic E-state index is 13.7. The molecule has 2 aromatic carbocycles. The Kier molecular flexibility index (Phi) is 4.27. The molecule has 0 atom stereocenters. The molecular formula is C15H15FN2O3. The van der Waals surface area contributed by atoms with Crippen molar-refractivity contribution < 1.29 is 19.0 Å². The number of amides is 1. The quantitative estimate of drug-likeness (QED) is 0.594. The lowest BCUT2D eigenvalue weighted by molar-refractivity contribution is 0.0943. The third-order valence-electron chi connectivity index (χ3n) is 2.97. The number of nitrogens with one attached hydrogen (secondary N) is 1. The van der Waals surface area contributed by atoms with E-state index in [0.717, 1.165) is 0 Å². The number of nitrogen functional groups attached to an aromatic ring is 1. The molecule has 0 bridgehead atoms. The Hall–Kier alpha value is -2.76. The van der Waals surface area contributed by atoms with Gasteiger partial charge in [-0.25, -0.2) is 4.39 Å². The fraction of sp³-hybridized carbons (Fsp3) is 0.133. The number of halogens is 1. The number of carbonyl (C=O) groups excluding carboxylic acids is 1. The number of phenolic OH excluding ortho intramolecular Hbond substituents is 1.